The van der Waals surface area contributed by atoms with E-state index in [0.29, 0.717) is 0 Å². The number of fused-ring (bicyclic) bond motifs is 1. The highest BCUT2D eigenvalue weighted by molar-refractivity contribution is 5.75. The van der Waals surface area contributed by atoms with Crippen LogP contribution in [-0.4, -0.2) is 49.5 Å². The summed E-state index contributed by atoms with van der Waals surface area (Å²) < 4.78 is 40.0. The molecule has 1 aromatic carbocycles. The van der Waals surface area contributed by atoms with Gasteiger partial charge in [-0.05, 0) is 44.0 Å². The van der Waals surface area contributed by atoms with Crippen molar-refractivity contribution in [3.8, 4) is 22.5 Å². The van der Waals surface area contributed by atoms with Crippen molar-refractivity contribution in [1.29, 1.82) is 0 Å². The highest BCUT2D eigenvalue weighted by Gasteiger charge is 2.31. The Morgan fingerprint density at radius 2 is 1.79 bits per heavy atom. The predicted octanol–water partition coefficient (Wildman–Crippen LogP) is 5.77. The van der Waals surface area contributed by atoms with Crippen LogP contribution in [0.3, 0.4) is 0 Å². The summed E-state index contributed by atoms with van der Waals surface area (Å²) >= 11 is 0. The van der Waals surface area contributed by atoms with Crippen molar-refractivity contribution in [2.24, 2.45) is 0 Å². The molecule has 174 valence electrons. The van der Waals surface area contributed by atoms with Crippen molar-refractivity contribution in [1.82, 2.24) is 29.7 Å². The molecule has 0 aliphatic carbocycles. The zero-order valence-electron chi connectivity index (χ0n) is 19.3. The number of rotatable bonds is 6. The Hall–Kier alpha value is -3.20. The molecule has 6 nitrogen and oxygen atoms in total. The fourth-order valence-electron chi connectivity index (χ4n) is 4.18. The van der Waals surface area contributed by atoms with E-state index in [2.05, 4.69) is 40.2 Å². The summed E-state index contributed by atoms with van der Waals surface area (Å²) in [5.74, 6) is 0.192. The molecule has 0 unspecified atom stereocenters. The zero-order valence-corrected chi connectivity index (χ0v) is 19.3. The Bertz CT molecular complexity index is 1250. The van der Waals surface area contributed by atoms with Crippen molar-refractivity contribution in [2.45, 2.75) is 45.8 Å². The molecule has 0 aliphatic heterocycles. The summed E-state index contributed by atoms with van der Waals surface area (Å²) in [6.45, 7) is 7.04. The second kappa shape index (κ2) is 8.62. The molecule has 0 saturated heterocycles. The number of pyridine rings is 1. The van der Waals surface area contributed by atoms with Gasteiger partial charge >= 0.3 is 6.18 Å². The number of aromatic nitrogens is 5. The van der Waals surface area contributed by atoms with Crippen LogP contribution < -0.4 is 0 Å². The van der Waals surface area contributed by atoms with Crippen molar-refractivity contribution in [3.63, 3.8) is 0 Å². The largest absolute Gasteiger partial charge is 0.401 e. The molecule has 9 heteroatoms. The second-order valence-electron chi connectivity index (χ2n) is 8.78. The van der Waals surface area contributed by atoms with E-state index in [1.165, 1.54) is 18.3 Å². The van der Waals surface area contributed by atoms with E-state index >= 15 is 0 Å². The number of alkyl halides is 3. The van der Waals surface area contributed by atoms with Gasteiger partial charge in [-0.2, -0.15) is 23.4 Å². The van der Waals surface area contributed by atoms with Crippen LogP contribution in [0.1, 0.15) is 49.4 Å². The Kier molecular flexibility index (Phi) is 6.00. The third-order valence-corrected chi connectivity index (χ3v) is 5.99. The number of benzene rings is 1. The summed E-state index contributed by atoms with van der Waals surface area (Å²) in [6, 6.07) is 9.29. The van der Waals surface area contributed by atoms with Crippen LogP contribution >= 0.6 is 0 Å². The van der Waals surface area contributed by atoms with E-state index in [-0.39, 0.29) is 12.0 Å². The maximum absolute atomic E-state index is 12.8. The van der Waals surface area contributed by atoms with E-state index in [1.54, 1.807) is 11.4 Å². The lowest BCUT2D eigenvalue weighted by Gasteiger charge is -2.26. The van der Waals surface area contributed by atoms with Gasteiger partial charge in [-0.3, -0.25) is 10.00 Å². The molecule has 1 N–H and O–H groups in total. The Balaban J connectivity index is 1.68. The summed E-state index contributed by atoms with van der Waals surface area (Å²) in [6.07, 6.45) is -0.767. The quantitative estimate of drug-likeness (QED) is 0.400. The van der Waals surface area contributed by atoms with Crippen LogP contribution in [0, 0.1) is 6.92 Å². The van der Waals surface area contributed by atoms with Gasteiger partial charge in [0, 0.05) is 28.9 Å². The molecule has 3 heterocycles. The third kappa shape index (κ3) is 4.64. The van der Waals surface area contributed by atoms with Crippen molar-refractivity contribution in [2.75, 3.05) is 13.6 Å². The lowest BCUT2D eigenvalue weighted by Crippen LogP contribution is -2.33. The number of H-pyrrole nitrogens is 1. The van der Waals surface area contributed by atoms with Crippen LogP contribution in [0.2, 0.25) is 0 Å². The van der Waals surface area contributed by atoms with Gasteiger partial charge in [-0.1, -0.05) is 38.1 Å². The molecule has 0 fully saturated rings. The second-order valence-corrected chi connectivity index (χ2v) is 8.78. The normalized spacial score (nSPS) is 13.4. The summed E-state index contributed by atoms with van der Waals surface area (Å²) in [5, 5.41) is 12.1. The Labute approximate surface area is 190 Å². The zero-order chi connectivity index (χ0) is 23.9. The predicted molar refractivity (Wildman–Crippen MR) is 122 cm³/mol. The average Bonchev–Trinajstić information content (AvgIpc) is 3.39. The van der Waals surface area contributed by atoms with Crippen LogP contribution in [0.25, 0.3) is 28.2 Å². The number of halogens is 3. The first kappa shape index (κ1) is 23.0. The smallest absolute Gasteiger partial charge is 0.291 e. The molecule has 0 saturated carbocycles. The van der Waals surface area contributed by atoms with E-state index in [0.717, 1.165) is 44.9 Å². The van der Waals surface area contributed by atoms with Gasteiger partial charge < -0.3 is 0 Å². The first-order chi connectivity index (χ1) is 15.5. The van der Waals surface area contributed by atoms with E-state index < -0.39 is 12.7 Å². The van der Waals surface area contributed by atoms with Crippen molar-refractivity contribution in [3.05, 3.63) is 59.5 Å². The lowest BCUT2D eigenvalue weighted by molar-refractivity contribution is -0.147. The molecular weight excluding hydrogens is 429 g/mol. The molecule has 0 spiro atoms. The standard InChI is InChI=1S/C24H27F3N6/c1-14(2)20-21(18-8-6-17(7-9-18)16(4)32(5)12-24(25,26)27)30-31-22(20)19-10-15(3)23-28-13-29-33(23)11-19/h6-11,13-14,16H,12H2,1-5H3,(H,30,31)/t16-/m0/s1. The molecular formula is C24H27F3N6. The fourth-order valence-corrected chi connectivity index (χ4v) is 4.18. The number of nitrogens with one attached hydrogen (secondary N) is 1. The summed E-state index contributed by atoms with van der Waals surface area (Å²) in [5.41, 5.74) is 7.34. The topological polar surface area (TPSA) is 62.1 Å². The Morgan fingerprint density at radius 3 is 2.42 bits per heavy atom. The highest BCUT2D eigenvalue weighted by Crippen LogP contribution is 2.36. The van der Waals surface area contributed by atoms with Gasteiger partial charge in [0.05, 0.1) is 17.9 Å². The van der Waals surface area contributed by atoms with Gasteiger partial charge in [0.1, 0.15) is 6.33 Å². The van der Waals surface area contributed by atoms with E-state index in [1.807, 2.05) is 37.4 Å². The first-order valence-electron chi connectivity index (χ1n) is 10.8. The number of hydrogen-bond donors (Lipinski definition) is 1. The van der Waals surface area contributed by atoms with Crippen LogP contribution in [0.4, 0.5) is 13.2 Å². The third-order valence-electron chi connectivity index (χ3n) is 5.99. The SMILES string of the molecule is Cc1cc(-c2[nH]nc(-c3ccc([C@H](C)N(C)CC(F)(F)F)cc3)c2C(C)C)cn2ncnc12. The highest BCUT2D eigenvalue weighted by atomic mass is 19.4. The average molecular weight is 457 g/mol. The monoisotopic (exact) mass is 456 g/mol. The maximum atomic E-state index is 12.8. The summed E-state index contributed by atoms with van der Waals surface area (Å²) in [4.78, 5) is 5.57. The number of aromatic amines is 1. The van der Waals surface area contributed by atoms with Crippen LogP contribution in [-0.2, 0) is 0 Å². The molecule has 0 bridgehead atoms. The lowest BCUT2D eigenvalue weighted by atomic mass is 9.93. The van der Waals surface area contributed by atoms with Gasteiger partial charge in [-0.25, -0.2) is 9.50 Å². The van der Waals surface area contributed by atoms with Crippen molar-refractivity contribution >= 4 is 5.65 Å². The van der Waals surface area contributed by atoms with Gasteiger partial charge in [0.25, 0.3) is 0 Å². The van der Waals surface area contributed by atoms with Crippen molar-refractivity contribution < 1.29 is 13.2 Å². The molecule has 0 amide bonds. The minimum Gasteiger partial charge on any atom is -0.291 e. The number of hydrogen-bond acceptors (Lipinski definition) is 4. The maximum Gasteiger partial charge on any atom is 0.401 e. The van der Waals surface area contributed by atoms with Gasteiger partial charge in [0.2, 0.25) is 0 Å². The molecule has 4 aromatic rings. The summed E-state index contributed by atoms with van der Waals surface area (Å²) in [7, 11) is 1.48. The number of aryl methyl sites for hydroxylation is 1. The minimum absolute atomic E-state index is 0.192. The van der Waals surface area contributed by atoms with E-state index in [4.69, 9.17) is 0 Å². The van der Waals surface area contributed by atoms with E-state index in [9.17, 15) is 13.2 Å². The molecule has 4 rings (SSSR count). The Morgan fingerprint density at radius 1 is 1.09 bits per heavy atom. The first-order valence-corrected chi connectivity index (χ1v) is 10.8. The molecule has 3 aromatic heterocycles. The molecule has 33 heavy (non-hydrogen) atoms. The number of nitrogens with zero attached hydrogens (tertiary/aromatic N) is 5. The van der Waals surface area contributed by atoms with Crippen LogP contribution in [0.15, 0.2) is 42.9 Å². The van der Waals surface area contributed by atoms with Gasteiger partial charge in [0.15, 0.2) is 5.65 Å². The molecule has 0 radical (unpaired) electrons. The molecule has 1 atom stereocenters. The molecule has 0 aliphatic rings. The fraction of sp³-hybridized carbons (Fsp3) is 0.375. The minimum atomic E-state index is -4.23. The van der Waals surface area contributed by atoms with Crippen LogP contribution in [0.5, 0.6) is 0 Å². The van der Waals surface area contributed by atoms with Gasteiger partial charge in [-0.15, -0.1) is 0 Å².